The molecule has 2 aromatic heterocycles. The molecule has 0 aromatic carbocycles. The van der Waals surface area contributed by atoms with Crippen LogP contribution >= 0.6 is 0 Å². The van der Waals surface area contributed by atoms with Gasteiger partial charge in [0.2, 0.25) is 0 Å². The van der Waals surface area contributed by atoms with Gasteiger partial charge in [-0.05, 0) is 45.0 Å². The lowest BCUT2D eigenvalue weighted by molar-refractivity contribution is -0.158. The van der Waals surface area contributed by atoms with Crippen molar-refractivity contribution in [1.82, 2.24) is 9.97 Å². The fraction of sp³-hybridized carbons (Fsp3) is 0.250. The Morgan fingerprint density at radius 1 is 0.857 bits per heavy atom. The second kappa shape index (κ2) is 11.3. The van der Waals surface area contributed by atoms with Gasteiger partial charge in [-0.2, -0.15) is 0 Å². The largest absolute Gasteiger partial charge is 0.395 e. The SMILES string of the molecule is CC(C)(C)C(=O)OC=O.c1ccncc1.c1ccncc1. The van der Waals surface area contributed by atoms with E-state index in [0.717, 1.165) is 0 Å². The van der Waals surface area contributed by atoms with E-state index in [1.54, 1.807) is 45.6 Å². The number of pyridine rings is 2. The van der Waals surface area contributed by atoms with Crippen molar-refractivity contribution in [3.63, 3.8) is 0 Å². The first-order valence-corrected chi connectivity index (χ1v) is 6.33. The van der Waals surface area contributed by atoms with Gasteiger partial charge in [-0.1, -0.05) is 12.1 Å². The minimum atomic E-state index is -0.582. The maximum Gasteiger partial charge on any atom is 0.318 e. The van der Waals surface area contributed by atoms with Crippen LogP contribution in [0.1, 0.15) is 20.8 Å². The first-order chi connectivity index (χ1) is 9.98. The lowest BCUT2D eigenvalue weighted by Gasteiger charge is -2.12. The number of carbonyl (C=O) groups is 2. The summed E-state index contributed by atoms with van der Waals surface area (Å²) < 4.78 is 4.09. The highest BCUT2D eigenvalue weighted by atomic mass is 16.6. The second-order valence-electron chi connectivity index (χ2n) is 4.80. The zero-order valence-corrected chi connectivity index (χ0v) is 12.5. The molecule has 2 heterocycles. The molecule has 0 bridgehead atoms. The van der Waals surface area contributed by atoms with E-state index in [9.17, 15) is 9.59 Å². The average Bonchev–Trinajstić information content (AvgIpc) is 2.51. The van der Waals surface area contributed by atoms with Crippen molar-refractivity contribution >= 4 is 12.4 Å². The Morgan fingerprint density at radius 2 is 1.24 bits per heavy atom. The zero-order valence-electron chi connectivity index (χ0n) is 12.5. The summed E-state index contributed by atoms with van der Waals surface area (Å²) in [5.74, 6) is -0.502. The van der Waals surface area contributed by atoms with E-state index in [2.05, 4.69) is 14.7 Å². The Kier molecular flexibility index (Phi) is 9.91. The van der Waals surface area contributed by atoms with Gasteiger partial charge in [0.1, 0.15) is 0 Å². The van der Waals surface area contributed by atoms with Crippen molar-refractivity contribution in [3.05, 3.63) is 61.2 Å². The normalized spacial score (nSPS) is 9.10. The summed E-state index contributed by atoms with van der Waals surface area (Å²) in [4.78, 5) is 27.8. The molecule has 0 amide bonds. The molecule has 5 heteroatoms. The van der Waals surface area contributed by atoms with Crippen LogP contribution in [-0.4, -0.2) is 22.4 Å². The number of rotatable bonds is 1. The number of aromatic nitrogens is 2. The van der Waals surface area contributed by atoms with Gasteiger partial charge in [0.15, 0.2) is 0 Å². The van der Waals surface area contributed by atoms with Crippen LogP contribution in [0.15, 0.2) is 61.2 Å². The molecule has 0 saturated carbocycles. The van der Waals surface area contributed by atoms with E-state index < -0.39 is 11.4 Å². The summed E-state index contributed by atoms with van der Waals surface area (Å²) in [6, 6.07) is 11.4. The molecule has 0 aliphatic carbocycles. The molecule has 5 nitrogen and oxygen atoms in total. The van der Waals surface area contributed by atoms with Gasteiger partial charge in [-0.3, -0.25) is 19.6 Å². The van der Waals surface area contributed by atoms with E-state index in [1.807, 2.05) is 36.4 Å². The predicted molar refractivity (Wildman–Crippen MR) is 80.1 cm³/mol. The number of nitrogens with zero attached hydrogens (tertiary/aromatic N) is 2. The lowest BCUT2D eigenvalue weighted by atomic mass is 9.98. The maximum atomic E-state index is 10.6. The third kappa shape index (κ3) is 12.2. The number of hydrogen-bond donors (Lipinski definition) is 0. The van der Waals surface area contributed by atoms with E-state index >= 15 is 0 Å². The molecule has 0 spiro atoms. The molecule has 0 saturated heterocycles. The Balaban J connectivity index is 0.000000293. The molecular formula is C16H20N2O3. The maximum absolute atomic E-state index is 10.6. The molecule has 2 aromatic rings. The van der Waals surface area contributed by atoms with Crippen LogP contribution in [0.5, 0.6) is 0 Å². The summed E-state index contributed by atoms with van der Waals surface area (Å²) in [7, 11) is 0. The van der Waals surface area contributed by atoms with Gasteiger partial charge in [-0.15, -0.1) is 0 Å². The van der Waals surface area contributed by atoms with Crippen LogP contribution in [0, 0.1) is 5.41 Å². The van der Waals surface area contributed by atoms with Crippen molar-refractivity contribution in [2.24, 2.45) is 5.41 Å². The Hall–Kier alpha value is -2.56. The van der Waals surface area contributed by atoms with Crippen LogP contribution in [0.25, 0.3) is 0 Å². The number of hydrogen-bond acceptors (Lipinski definition) is 5. The minimum Gasteiger partial charge on any atom is -0.395 e. The standard InChI is InChI=1S/C6H10O3.2C5H5N/c1-6(2,3)5(8)9-4-7;2*1-2-4-6-5-3-1/h4H,1-3H3;2*1-5H. The molecule has 0 aliphatic heterocycles. The molecule has 0 radical (unpaired) electrons. The van der Waals surface area contributed by atoms with Gasteiger partial charge in [0.05, 0.1) is 5.41 Å². The highest BCUT2D eigenvalue weighted by Crippen LogP contribution is 2.13. The lowest BCUT2D eigenvalue weighted by Crippen LogP contribution is -2.22. The summed E-state index contributed by atoms with van der Waals surface area (Å²) in [6.45, 7) is 5.18. The first kappa shape index (κ1) is 18.4. The van der Waals surface area contributed by atoms with Crippen molar-refractivity contribution in [3.8, 4) is 0 Å². The average molecular weight is 288 g/mol. The van der Waals surface area contributed by atoms with E-state index in [-0.39, 0.29) is 6.47 Å². The number of ether oxygens (including phenoxy) is 1. The van der Waals surface area contributed by atoms with Crippen molar-refractivity contribution in [1.29, 1.82) is 0 Å². The van der Waals surface area contributed by atoms with Crippen LogP contribution in [-0.2, 0) is 14.3 Å². The molecular weight excluding hydrogens is 268 g/mol. The van der Waals surface area contributed by atoms with Crippen molar-refractivity contribution in [2.45, 2.75) is 20.8 Å². The fourth-order valence-electron chi connectivity index (χ4n) is 0.846. The highest BCUT2D eigenvalue weighted by molar-refractivity contribution is 5.80. The first-order valence-electron chi connectivity index (χ1n) is 6.33. The smallest absolute Gasteiger partial charge is 0.318 e. The summed E-state index contributed by atoms with van der Waals surface area (Å²) >= 11 is 0. The van der Waals surface area contributed by atoms with Gasteiger partial charge in [-0.25, -0.2) is 0 Å². The van der Waals surface area contributed by atoms with E-state index in [0.29, 0.717) is 0 Å². The minimum absolute atomic E-state index is 0.146. The molecule has 0 unspecified atom stereocenters. The molecule has 0 N–H and O–H groups in total. The van der Waals surface area contributed by atoms with E-state index in [4.69, 9.17) is 0 Å². The van der Waals surface area contributed by atoms with E-state index in [1.165, 1.54) is 0 Å². The third-order valence-corrected chi connectivity index (χ3v) is 1.90. The Morgan fingerprint density at radius 3 is 1.33 bits per heavy atom. The van der Waals surface area contributed by atoms with Crippen LogP contribution < -0.4 is 0 Å². The summed E-state index contributed by atoms with van der Waals surface area (Å²) in [5.41, 5.74) is -0.582. The van der Waals surface area contributed by atoms with Crippen molar-refractivity contribution in [2.75, 3.05) is 0 Å². The second-order valence-corrected chi connectivity index (χ2v) is 4.80. The molecule has 21 heavy (non-hydrogen) atoms. The Bertz CT molecular complexity index is 397. The molecule has 2 rings (SSSR count). The monoisotopic (exact) mass is 288 g/mol. The van der Waals surface area contributed by atoms with Gasteiger partial charge < -0.3 is 4.74 Å². The fourth-order valence-corrected chi connectivity index (χ4v) is 0.846. The zero-order chi connectivity index (χ0) is 16.0. The summed E-state index contributed by atoms with van der Waals surface area (Å²) in [5, 5.41) is 0. The number of carbonyl (C=O) groups excluding carboxylic acids is 2. The highest BCUT2D eigenvalue weighted by Gasteiger charge is 2.22. The summed E-state index contributed by atoms with van der Waals surface area (Å²) in [6.07, 6.45) is 7.00. The van der Waals surface area contributed by atoms with Crippen LogP contribution in [0.4, 0.5) is 0 Å². The van der Waals surface area contributed by atoms with Crippen LogP contribution in [0.2, 0.25) is 0 Å². The molecule has 0 fully saturated rings. The third-order valence-electron chi connectivity index (χ3n) is 1.90. The molecule has 0 atom stereocenters. The molecule has 112 valence electrons. The van der Waals surface area contributed by atoms with Gasteiger partial charge >= 0.3 is 12.4 Å². The van der Waals surface area contributed by atoms with Crippen LogP contribution in [0.3, 0.4) is 0 Å². The van der Waals surface area contributed by atoms with Gasteiger partial charge in [0, 0.05) is 24.8 Å². The quantitative estimate of drug-likeness (QED) is 0.458. The number of esters is 1. The Labute approximate surface area is 125 Å². The topological polar surface area (TPSA) is 69.2 Å². The molecule has 0 aliphatic rings. The predicted octanol–water partition coefficient (Wildman–Crippen LogP) is 2.90. The van der Waals surface area contributed by atoms with Gasteiger partial charge in [0.25, 0.3) is 0 Å². The van der Waals surface area contributed by atoms with Crippen molar-refractivity contribution < 1.29 is 14.3 Å².